The van der Waals surface area contributed by atoms with Crippen LogP contribution in [-0.4, -0.2) is 5.11 Å². The molecule has 0 saturated carbocycles. The van der Waals surface area contributed by atoms with Crippen molar-refractivity contribution in [2.75, 3.05) is 0 Å². The molecular weight excluding hydrogens is 420 g/mol. The van der Waals surface area contributed by atoms with Crippen LogP contribution in [0, 0.1) is 12.8 Å². The van der Waals surface area contributed by atoms with Crippen LogP contribution in [0.25, 0.3) is 5.57 Å². The van der Waals surface area contributed by atoms with E-state index in [2.05, 4.69) is 77.8 Å². The lowest BCUT2D eigenvalue weighted by atomic mass is 9.85. The van der Waals surface area contributed by atoms with Crippen LogP contribution in [0.5, 0.6) is 0 Å². The molecule has 0 aliphatic heterocycles. The standard InChI is InChI=1S/C29H38O.C2H6.H2S/c1-10-14-15-20(5)21(6)16-27-19-25(11-2)22(7)18-29(27)26(12-3)17-23(8)28(13-4)24(9)30;1-2;/h10,12-15,17-19,21,30H,3,8-9,11,16H2,1-2,4-7H3;1-2H3;1H2/b14-10-,20-15+,26-17+,28-13+;;. The summed E-state index contributed by atoms with van der Waals surface area (Å²) in [5.41, 5.74) is 8.86. The number of allylic oxidation sites excluding steroid dienone is 9. The molecular formula is C31H46OS. The molecule has 33 heavy (non-hydrogen) atoms. The highest BCUT2D eigenvalue weighted by atomic mass is 32.1. The summed E-state index contributed by atoms with van der Waals surface area (Å²) < 4.78 is 0. The Bertz CT molecular complexity index is 922. The molecule has 1 rings (SSSR count). The zero-order valence-electron chi connectivity index (χ0n) is 22.2. The number of rotatable bonds is 10. The minimum atomic E-state index is 0. The van der Waals surface area contributed by atoms with E-state index in [1.165, 1.54) is 27.8 Å². The number of hydrogen-bond acceptors (Lipinski definition) is 1. The lowest BCUT2D eigenvalue weighted by molar-refractivity contribution is 0.428. The number of hydrogen-bond donors (Lipinski definition) is 1. The Kier molecular flexibility index (Phi) is 16.9. The van der Waals surface area contributed by atoms with Gasteiger partial charge in [-0.2, -0.15) is 13.5 Å². The predicted molar refractivity (Wildman–Crippen MR) is 157 cm³/mol. The van der Waals surface area contributed by atoms with E-state index >= 15 is 0 Å². The Labute approximate surface area is 211 Å². The van der Waals surface area contributed by atoms with Gasteiger partial charge in [0, 0.05) is 5.57 Å². The molecule has 0 amide bonds. The first-order valence-corrected chi connectivity index (χ1v) is 11.7. The van der Waals surface area contributed by atoms with Crippen LogP contribution in [0.3, 0.4) is 0 Å². The number of benzene rings is 1. The highest BCUT2D eigenvalue weighted by Crippen LogP contribution is 2.30. The van der Waals surface area contributed by atoms with Gasteiger partial charge in [-0.25, -0.2) is 0 Å². The summed E-state index contributed by atoms with van der Waals surface area (Å²) in [6.45, 7) is 28.6. The van der Waals surface area contributed by atoms with Gasteiger partial charge in [0.2, 0.25) is 0 Å². The molecule has 0 aromatic heterocycles. The van der Waals surface area contributed by atoms with Crippen molar-refractivity contribution in [3.63, 3.8) is 0 Å². The van der Waals surface area contributed by atoms with E-state index in [9.17, 15) is 5.11 Å². The van der Waals surface area contributed by atoms with Crippen LogP contribution < -0.4 is 0 Å². The third kappa shape index (κ3) is 9.92. The first kappa shape index (κ1) is 32.7. The third-order valence-electron chi connectivity index (χ3n) is 5.60. The Morgan fingerprint density at radius 1 is 1.12 bits per heavy atom. The summed E-state index contributed by atoms with van der Waals surface area (Å²) in [7, 11) is 0. The van der Waals surface area contributed by atoms with Gasteiger partial charge in [0.25, 0.3) is 0 Å². The summed E-state index contributed by atoms with van der Waals surface area (Å²) in [5, 5.41) is 9.87. The fourth-order valence-electron chi connectivity index (χ4n) is 3.57. The lowest BCUT2D eigenvalue weighted by Crippen LogP contribution is -2.06. The molecule has 2 heteroatoms. The molecule has 1 N–H and O–H groups in total. The van der Waals surface area contributed by atoms with Crippen molar-refractivity contribution in [3.05, 3.63) is 113 Å². The maximum atomic E-state index is 9.87. The van der Waals surface area contributed by atoms with Gasteiger partial charge in [-0.1, -0.05) is 95.5 Å². The van der Waals surface area contributed by atoms with Crippen LogP contribution in [0.4, 0.5) is 0 Å². The van der Waals surface area contributed by atoms with E-state index in [0.717, 1.165) is 24.0 Å². The van der Waals surface area contributed by atoms with Crippen molar-refractivity contribution in [1.82, 2.24) is 0 Å². The van der Waals surface area contributed by atoms with Crippen molar-refractivity contribution in [2.24, 2.45) is 5.92 Å². The average Bonchev–Trinajstić information content (AvgIpc) is 2.78. The second kappa shape index (κ2) is 17.1. The molecule has 0 aliphatic carbocycles. The van der Waals surface area contributed by atoms with Crippen LogP contribution in [-0.2, 0) is 12.8 Å². The van der Waals surface area contributed by atoms with Gasteiger partial charge >= 0.3 is 0 Å². The topological polar surface area (TPSA) is 20.2 Å². The monoisotopic (exact) mass is 466 g/mol. The van der Waals surface area contributed by atoms with Gasteiger partial charge in [0.1, 0.15) is 5.76 Å². The Morgan fingerprint density at radius 2 is 1.73 bits per heavy atom. The molecule has 0 fully saturated rings. The van der Waals surface area contributed by atoms with E-state index in [1.807, 2.05) is 45.9 Å². The molecule has 0 heterocycles. The largest absolute Gasteiger partial charge is 0.508 e. The third-order valence-corrected chi connectivity index (χ3v) is 5.60. The van der Waals surface area contributed by atoms with Crippen molar-refractivity contribution in [2.45, 2.75) is 68.2 Å². The van der Waals surface area contributed by atoms with Crippen molar-refractivity contribution in [1.29, 1.82) is 0 Å². The number of aliphatic hydroxyl groups excluding tert-OH is 1. The molecule has 1 nitrogen and oxygen atoms in total. The molecule has 0 spiro atoms. The van der Waals surface area contributed by atoms with Gasteiger partial charge in [0.15, 0.2) is 0 Å². The summed E-state index contributed by atoms with van der Waals surface area (Å²) >= 11 is 0. The SMILES string of the molecule is C=C/C(=C\C(=C)/C(=C\C)C(=C)O)c1cc(C)c(CC)cc1CC(C)/C(C)=C/C=C\C.CC.S. The fourth-order valence-corrected chi connectivity index (χ4v) is 3.57. The van der Waals surface area contributed by atoms with Crippen molar-refractivity contribution < 1.29 is 5.11 Å². The fraction of sp³-hybridized carbons (Fsp3) is 0.355. The van der Waals surface area contributed by atoms with Gasteiger partial charge in [-0.05, 0) is 85.9 Å². The number of aryl methyl sites for hydroxylation is 2. The van der Waals surface area contributed by atoms with Gasteiger partial charge in [-0.3, -0.25) is 0 Å². The quantitative estimate of drug-likeness (QED) is 0.269. The average molecular weight is 467 g/mol. The van der Waals surface area contributed by atoms with Crippen molar-refractivity contribution >= 4 is 19.1 Å². The van der Waals surface area contributed by atoms with E-state index in [4.69, 9.17) is 0 Å². The number of aliphatic hydroxyl groups is 1. The predicted octanol–water partition coefficient (Wildman–Crippen LogP) is 9.54. The highest BCUT2D eigenvalue weighted by Gasteiger charge is 2.14. The van der Waals surface area contributed by atoms with E-state index in [1.54, 1.807) is 0 Å². The first-order chi connectivity index (χ1) is 15.2. The summed E-state index contributed by atoms with van der Waals surface area (Å²) in [5.74, 6) is 0.447. The lowest BCUT2D eigenvalue weighted by Gasteiger charge is -2.19. The smallest absolute Gasteiger partial charge is 0.115 e. The second-order valence-electron chi connectivity index (χ2n) is 7.81. The first-order valence-electron chi connectivity index (χ1n) is 11.7. The van der Waals surface area contributed by atoms with Crippen LogP contribution in [0.1, 0.15) is 70.7 Å². The van der Waals surface area contributed by atoms with Crippen LogP contribution in [0.2, 0.25) is 0 Å². The second-order valence-corrected chi connectivity index (χ2v) is 7.81. The van der Waals surface area contributed by atoms with Crippen molar-refractivity contribution in [3.8, 4) is 0 Å². The highest BCUT2D eigenvalue weighted by molar-refractivity contribution is 7.59. The van der Waals surface area contributed by atoms with Crippen LogP contribution >= 0.6 is 13.5 Å². The molecule has 1 aromatic carbocycles. The van der Waals surface area contributed by atoms with E-state index in [-0.39, 0.29) is 19.3 Å². The molecule has 1 unspecified atom stereocenters. The molecule has 0 bridgehead atoms. The zero-order chi connectivity index (χ0) is 24.8. The van der Waals surface area contributed by atoms with Gasteiger partial charge in [-0.15, -0.1) is 0 Å². The van der Waals surface area contributed by atoms with Gasteiger partial charge in [0.05, 0.1) is 0 Å². The normalized spacial score (nSPS) is 13.0. The molecule has 1 aromatic rings. The van der Waals surface area contributed by atoms with Crippen LogP contribution in [0.15, 0.2) is 90.8 Å². The maximum absolute atomic E-state index is 9.87. The summed E-state index contributed by atoms with van der Waals surface area (Å²) in [6, 6.07) is 4.60. The Morgan fingerprint density at radius 3 is 2.18 bits per heavy atom. The maximum Gasteiger partial charge on any atom is 0.115 e. The Balaban J connectivity index is 0. The molecule has 0 radical (unpaired) electrons. The summed E-state index contributed by atoms with van der Waals surface area (Å²) in [6.07, 6.45) is 14.0. The van der Waals surface area contributed by atoms with E-state index < -0.39 is 0 Å². The molecule has 182 valence electrons. The zero-order valence-corrected chi connectivity index (χ0v) is 23.2. The van der Waals surface area contributed by atoms with E-state index in [0.29, 0.717) is 11.5 Å². The van der Waals surface area contributed by atoms with Gasteiger partial charge < -0.3 is 5.11 Å². The molecule has 0 aliphatic rings. The minimum absolute atomic E-state index is 0. The Hall–Kier alpha value is -2.45. The summed E-state index contributed by atoms with van der Waals surface area (Å²) in [4.78, 5) is 0. The molecule has 1 atom stereocenters. The molecule has 0 saturated heterocycles. The minimum Gasteiger partial charge on any atom is -0.508 e.